The number of hydrogen-bond donors (Lipinski definition) is 1. The normalized spacial score (nSPS) is 15.7. The van der Waals surface area contributed by atoms with Gasteiger partial charge in [-0.3, -0.25) is 0 Å². The van der Waals surface area contributed by atoms with E-state index >= 15 is 0 Å². The molecule has 1 fully saturated rings. The van der Waals surface area contributed by atoms with Gasteiger partial charge in [0.15, 0.2) is 0 Å². The van der Waals surface area contributed by atoms with Gasteiger partial charge in [0.05, 0.1) is 11.9 Å². The highest BCUT2D eigenvalue weighted by molar-refractivity contribution is 5.42. The van der Waals surface area contributed by atoms with Gasteiger partial charge in [0.2, 0.25) is 0 Å². The molecule has 0 spiro atoms. The second-order valence-electron chi connectivity index (χ2n) is 6.01. The molecule has 0 amide bonds. The van der Waals surface area contributed by atoms with E-state index in [9.17, 15) is 0 Å². The minimum atomic E-state index is 0.704. The summed E-state index contributed by atoms with van der Waals surface area (Å²) in [5.74, 6) is 0. The summed E-state index contributed by atoms with van der Waals surface area (Å²) < 4.78 is 2.09. The van der Waals surface area contributed by atoms with E-state index in [1.165, 1.54) is 48.2 Å². The van der Waals surface area contributed by atoms with Crippen LogP contribution in [0.1, 0.15) is 49.4 Å². The van der Waals surface area contributed by atoms with Crippen molar-refractivity contribution in [1.29, 1.82) is 0 Å². The van der Waals surface area contributed by atoms with E-state index in [0.29, 0.717) is 6.04 Å². The van der Waals surface area contributed by atoms with Gasteiger partial charge in [0, 0.05) is 23.8 Å². The lowest BCUT2D eigenvalue weighted by Crippen LogP contribution is -2.25. The average Bonchev–Trinajstić information content (AvgIpc) is 3.15. The molecule has 1 heterocycles. The van der Waals surface area contributed by atoms with Gasteiger partial charge >= 0.3 is 0 Å². The number of aryl methyl sites for hydroxylation is 1. The number of para-hydroxylation sites is 1. The zero-order valence-electron chi connectivity index (χ0n) is 13.1. The molecule has 3 nitrogen and oxygen atoms in total. The van der Waals surface area contributed by atoms with Crippen LogP contribution in [0.5, 0.6) is 0 Å². The minimum Gasteiger partial charge on any atom is -0.310 e. The van der Waals surface area contributed by atoms with Crippen molar-refractivity contribution < 1.29 is 0 Å². The summed E-state index contributed by atoms with van der Waals surface area (Å²) in [6, 6.07) is 9.24. The van der Waals surface area contributed by atoms with Crippen molar-refractivity contribution in [2.24, 2.45) is 0 Å². The molecule has 0 aliphatic heterocycles. The fraction of sp³-hybridized carbons (Fsp3) is 0.500. The van der Waals surface area contributed by atoms with Crippen LogP contribution in [0.15, 0.2) is 30.5 Å². The first-order valence-corrected chi connectivity index (χ1v) is 8.14. The number of hydrogen-bond acceptors (Lipinski definition) is 2. The quantitative estimate of drug-likeness (QED) is 0.905. The van der Waals surface area contributed by atoms with E-state index in [4.69, 9.17) is 0 Å². The molecule has 1 saturated carbocycles. The smallest absolute Gasteiger partial charge is 0.0680 e. The third-order valence-electron chi connectivity index (χ3n) is 4.65. The van der Waals surface area contributed by atoms with Gasteiger partial charge in [-0.1, -0.05) is 38.0 Å². The van der Waals surface area contributed by atoms with Gasteiger partial charge in [-0.25, -0.2) is 4.68 Å². The van der Waals surface area contributed by atoms with Gasteiger partial charge in [0.1, 0.15) is 0 Å². The van der Waals surface area contributed by atoms with E-state index in [0.717, 1.165) is 13.0 Å². The SMILES string of the molecule is CCc1ccccc1-n1ncc(CNC2CCCC2)c1C. The molecule has 112 valence electrons. The molecule has 3 rings (SSSR count). The summed E-state index contributed by atoms with van der Waals surface area (Å²) in [6.07, 6.45) is 8.45. The summed E-state index contributed by atoms with van der Waals surface area (Å²) in [4.78, 5) is 0. The molecular weight excluding hydrogens is 258 g/mol. The molecule has 21 heavy (non-hydrogen) atoms. The maximum Gasteiger partial charge on any atom is 0.0680 e. The zero-order chi connectivity index (χ0) is 14.7. The van der Waals surface area contributed by atoms with E-state index in [1.807, 2.05) is 6.20 Å². The third-order valence-corrected chi connectivity index (χ3v) is 4.65. The van der Waals surface area contributed by atoms with Crippen LogP contribution in [0.3, 0.4) is 0 Å². The first kappa shape index (κ1) is 14.3. The Morgan fingerprint density at radius 2 is 1.95 bits per heavy atom. The van der Waals surface area contributed by atoms with E-state index in [-0.39, 0.29) is 0 Å². The standard InChI is InChI=1S/C18H25N3/c1-3-15-8-4-7-11-18(15)21-14(2)16(13-20-21)12-19-17-9-5-6-10-17/h4,7-8,11,13,17,19H,3,5-6,9-10,12H2,1-2H3. The largest absolute Gasteiger partial charge is 0.310 e. The monoisotopic (exact) mass is 283 g/mol. The molecule has 0 unspecified atom stereocenters. The Labute approximate surface area is 127 Å². The maximum absolute atomic E-state index is 4.62. The second-order valence-corrected chi connectivity index (χ2v) is 6.01. The van der Waals surface area contributed by atoms with Crippen LogP contribution in [0.2, 0.25) is 0 Å². The molecule has 1 aliphatic rings. The number of nitrogens with zero attached hydrogens (tertiary/aromatic N) is 2. The zero-order valence-corrected chi connectivity index (χ0v) is 13.1. The summed E-state index contributed by atoms with van der Waals surface area (Å²) in [5, 5.41) is 8.30. The molecule has 2 aromatic rings. The molecule has 1 aromatic carbocycles. The van der Waals surface area contributed by atoms with Crippen LogP contribution < -0.4 is 5.32 Å². The van der Waals surface area contributed by atoms with Crippen molar-refractivity contribution in [3.63, 3.8) is 0 Å². The topological polar surface area (TPSA) is 29.9 Å². The predicted octanol–water partition coefficient (Wildman–Crippen LogP) is 3.78. The van der Waals surface area contributed by atoms with E-state index < -0.39 is 0 Å². The summed E-state index contributed by atoms with van der Waals surface area (Å²) in [5.41, 5.74) is 5.12. The van der Waals surface area contributed by atoms with Crippen LogP contribution in [0, 0.1) is 6.92 Å². The molecule has 1 aromatic heterocycles. The lowest BCUT2D eigenvalue weighted by molar-refractivity contribution is 0.523. The van der Waals surface area contributed by atoms with Crippen molar-refractivity contribution in [2.75, 3.05) is 0 Å². The van der Waals surface area contributed by atoms with E-state index in [1.54, 1.807) is 0 Å². The van der Waals surface area contributed by atoms with Gasteiger partial charge in [-0.2, -0.15) is 5.10 Å². The lowest BCUT2D eigenvalue weighted by atomic mass is 10.1. The number of nitrogens with one attached hydrogen (secondary N) is 1. The Morgan fingerprint density at radius 3 is 2.71 bits per heavy atom. The second kappa shape index (κ2) is 6.44. The number of aromatic nitrogens is 2. The van der Waals surface area contributed by atoms with Gasteiger partial charge in [-0.05, 0) is 37.8 Å². The van der Waals surface area contributed by atoms with Crippen molar-refractivity contribution in [3.8, 4) is 5.69 Å². The fourth-order valence-corrected chi connectivity index (χ4v) is 3.26. The van der Waals surface area contributed by atoms with Gasteiger partial charge < -0.3 is 5.32 Å². The Bertz CT molecular complexity index is 594. The summed E-state index contributed by atoms with van der Waals surface area (Å²) in [7, 11) is 0. The molecule has 3 heteroatoms. The summed E-state index contributed by atoms with van der Waals surface area (Å²) >= 11 is 0. The van der Waals surface area contributed by atoms with Gasteiger partial charge in [0.25, 0.3) is 0 Å². The molecule has 1 N–H and O–H groups in total. The molecule has 1 aliphatic carbocycles. The summed E-state index contributed by atoms with van der Waals surface area (Å²) in [6.45, 7) is 5.30. The first-order chi connectivity index (χ1) is 10.3. The van der Waals surface area contributed by atoms with E-state index in [2.05, 4.69) is 53.2 Å². The first-order valence-electron chi connectivity index (χ1n) is 8.14. The lowest BCUT2D eigenvalue weighted by Gasteiger charge is -2.12. The van der Waals surface area contributed by atoms with Crippen LogP contribution in [0.4, 0.5) is 0 Å². The third kappa shape index (κ3) is 3.03. The highest BCUT2D eigenvalue weighted by Crippen LogP contribution is 2.21. The van der Waals surface area contributed by atoms with Crippen LogP contribution in [-0.2, 0) is 13.0 Å². The molecule has 0 atom stereocenters. The molecule has 0 saturated heterocycles. The highest BCUT2D eigenvalue weighted by atomic mass is 15.3. The van der Waals surface area contributed by atoms with Crippen molar-refractivity contribution in [3.05, 3.63) is 47.3 Å². The number of benzene rings is 1. The number of rotatable bonds is 5. The van der Waals surface area contributed by atoms with Crippen LogP contribution >= 0.6 is 0 Å². The Hall–Kier alpha value is -1.61. The molecular formula is C18H25N3. The van der Waals surface area contributed by atoms with Crippen molar-refractivity contribution >= 4 is 0 Å². The maximum atomic E-state index is 4.62. The van der Waals surface area contributed by atoms with Crippen LogP contribution in [0.25, 0.3) is 5.69 Å². The Kier molecular flexibility index (Phi) is 4.39. The average molecular weight is 283 g/mol. The minimum absolute atomic E-state index is 0.704. The Balaban J connectivity index is 1.78. The fourth-order valence-electron chi connectivity index (χ4n) is 3.26. The van der Waals surface area contributed by atoms with Crippen LogP contribution in [-0.4, -0.2) is 15.8 Å². The van der Waals surface area contributed by atoms with Gasteiger partial charge in [-0.15, -0.1) is 0 Å². The highest BCUT2D eigenvalue weighted by Gasteiger charge is 2.16. The molecule has 0 bridgehead atoms. The predicted molar refractivity (Wildman–Crippen MR) is 86.8 cm³/mol. The Morgan fingerprint density at radius 1 is 1.19 bits per heavy atom. The molecule has 0 radical (unpaired) electrons. The van der Waals surface area contributed by atoms with Crippen molar-refractivity contribution in [1.82, 2.24) is 15.1 Å². The van der Waals surface area contributed by atoms with Crippen molar-refractivity contribution in [2.45, 2.75) is 58.5 Å².